The number of nitriles is 1. The molecule has 0 unspecified atom stereocenters. The molecule has 172 valence electrons. The summed E-state index contributed by atoms with van der Waals surface area (Å²) < 4.78 is 11.1. The summed E-state index contributed by atoms with van der Waals surface area (Å²) in [7, 11) is 1.46. The van der Waals surface area contributed by atoms with Crippen molar-refractivity contribution in [2.45, 2.75) is 6.61 Å². The van der Waals surface area contributed by atoms with Crippen molar-refractivity contribution in [3.8, 4) is 17.6 Å². The predicted molar refractivity (Wildman–Crippen MR) is 129 cm³/mol. The molecule has 0 bridgehead atoms. The number of nitro benzene ring substituents is 1. The highest BCUT2D eigenvalue weighted by molar-refractivity contribution is 6.42. The Labute approximate surface area is 205 Å². The van der Waals surface area contributed by atoms with Crippen molar-refractivity contribution in [1.29, 1.82) is 5.26 Å². The van der Waals surface area contributed by atoms with Crippen LogP contribution in [-0.4, -0.2) is 17.9 Å². The van der Waals surface area contributed by atoms with Crippen molar-refractivity contribution in [3.05, 3.63) is 97.5 Å². The van der Waals surface area contributed by atoms with Crippen LogP contribution in [0.4, 0.5) is 11.4 Å². The molecule has 3 aromatic rings. The number of halogens is 2. The van der Waals surface area contributed by atoms with Gasteiger partial charge in [0.25, 0.3) is 11.6 Å². The van der Waals surface area contributed by atoms with Crippen molar-refractivity contribution in [1.82, 2.24) is 0 Å². The van der Waals surface area contributed by atoms with Gasteiger partial charge in [-0.05, 0) is 59.7 Å². The third-order valence-electron chi connectivity index (χ3n) is 4.58. The molecule has 0 heterocycles. The molecule has 3 rings (SSSR count). The maximum Gasteiger partial charge on any atom is 0.269 e. The van der Waals surface area contributed by atoms with Gasteiger partial charge in [-0.25, -0.2) is 0 Å². The second-order valence-corrected chi connectivity index (χ2v) is 7.69. The average Bonchev–Trinajstić information content (AvgIpc) is 2.83. The Balaban J connectivity index is 1.73. The largest absolute Gasteiger partial charge is 0.493 e. The predicted octanol–water partition coefficient (Wildman–Crippen LogP) is 6.03. The van der Waals surface area contributed by atoms with Gasteiger partial charge in [-0.2, -0.15) is 5.26 Å². The van der Waals surface area contributed by atoms with Gasteiger partial charge in [-0.1, -0.05) is 29.3 Å². The van der Waals surface area contributed by atoms with Crippen LogP contribution in [0, 0.1) is 21.4 Å². The Morgan fingerprint density at radius 3 is 2.44 bits per heavy atom. The number of anilines is 1. The van der Waals surface area contributed by atoms with Gasteiger partial charge in [0.15, 0.2) is 11.5 Å². The molecule has 0 aliphatic carbocycles. The first kappa shape index (κ1) is 24.6. The standard InChI is InChI=1S/C24H17Cl2N3O5/c1-33-23-11-16(4-9-22(23)34-14-15-2-6-19(7-3-15)29(31)32)10-17(13-27)24(30)28-18-5-8-20(25)21(26)12-18/h2-12H,14H2,1H3,(H,28,30)/b17-10+. The number of hydrogen-bond acceptors (Lipinski definition) is 6. The summed E-state index contributed by atoms with van der Waals surface area (Å²) in [6, 6.07) is 17.4. The fourth-order valence-corrected chi connectivity index (χ4v) is 3.15. The number of nitro groups is 1. The first-order valence-corrected chi connectivity index (χ1v) is 10.5. The molecular weight excluding hydrogens is 481 g/mol. The lowest BCUT2D eigenvalue weighted by atomic mass is 10.1. The van der Waals surface area contributed by atoms with E-state index in [0.29, 0.717) is 27.8 Å². The highest BCUT2D eigenvalue weighted by atomic mass is 35.5. The summed E-state index contributed by atoms with van der Waals surface area (Å²) >= 11 is 11.8. The maximum atomic E-state index is 12.5. The SMILES string of the molecule is COc1cc(/C=C(\C#N)C(=O)Nc2ccc(Cl)c(Cl)c2)ccc1OCc1ccc([N+](=O)[O-])cc1. The number of amides is 1. The van der Waals surface area contributed by atoms with Crippen LogP contribution in [0.3, 0.4) is 0 Å². The molecule has 0 spiro atoms. The summed E-state index contributed by atoms with van der Waals surface area (Å²) in [5.74, 6) is 0.202. The summed E-state index contributed by atoms with van der Waals surface area (Å²) in [5, 5.41) is 23.4. The van der Waals surface area contributed by atoms with E-state index in [4.69, 9.17) is 32.7 Å². The number of benzene rings is 3. The van der Waals surface area contributed by atoms with Crippen LogP contribution < -0.4 is 14.8 Å². The summed E-state index contributed by atoms with van der Waals surface area (Å²) in [6.07, 6.45) is 1.41. The number of nitrogens with zero attached hydrogens (tertiary/aromatic N) is 2. The molecule has 0 saturated heterocycles. The molecule has 0 fully saturated rings. The van der Waals surface area contributed by atoms with E-state index >= 15 is 0 Å². The van der Waals surface area contributed by atoms with Gasteiger partial charge in [-0.15, -0.1) is 0 Å². The zero-order valence-corrected chi connectivity index (χ0v) is 19.3. The molecule has 0 radical (unpaired) electrons. The van der Waals surface area contributed by atoms with Crippen LogP contribution in [0.2, 0.25) is 10.0 Å². The fourth-order valence-electron chi connectivity index (χ4n) is 2.86. The summed E-state index contributed by atoms with van der Waals surface area (Å²) in [6.45, 7) is 0.166. The molecule has 0 atom stereocenters. The van der Waals surface area contributed by atoms with Crippen molar-refractivity contribution < 1.29 is 19.2 Å². The Bertz CT molecular complexity index is 1300. The number of ether oxygens (including phenoxy) is 2. The highest BCUT2D eigenvalue weighted by Crippen LogP contribution is 2.30. The van der Waals surface area contributed by atoms with Crippen LogP contribution in [-0.2, 0) is 11.4 Å². The summed E-state index contributed by atoms with van der Waals surface area (Å²) in [5.41, 5.74) is 1.54. The summed E-state index contributed by atoms with van der Waals surface area (Å²) in [4.78, 5) is 22.8. The molecule has 0 aliphatic rings. The number of nitrogens with one attached hydrogen (secondary N) is 1. The maximum absolute atomic E-state index is 12.5. The van der Waals surface area contributed by atoms with Gasteiger partial charge < -0.3 is 14.8 Å². The Morgan fingerprint density at radius 1 is 1.09 bits per heavy atom. The zero-order chi connectivity index (χ0) is 24.7. The number of carbonyl (C=O) groups excluding carboxylic acids is 1. The first-order chi connectivity index (χ1) is 16.3. The van der Waals surface area contributed by atoms with E-state index in [1.807, 2.05) is 6.07 Å². The second-order valence-electron chi connectivity index (χ2n) is 6.88. The third-order valence-corrected chi connectivity index (χ3v) is 5.32. The van der Waals surface area contributed by atoms with Crippen molar-refractivity contribution >= 4 is 46.6 Å². The Morgan fingerprint density at radius 2 is 1.82 bits per heavy atom. The van der Waals surface area contributed by atoms with E-state index in [9.17, 15) is 20.2 Å². The monoisotopic (exact) mass is 497 g/mol. The first-order valence-electron chi connectivity index (χ1n) is 9.73. The van der Waals surface area contributed by atoms with E-state index in [1.54, 1.807) is 36.4 Å². The van der Waals surface area contributed by atoms with E-state index in [0.717, 1.165) is 5.56 Å². The van der Waals surface area contributed by atoms with Gasteiger partial charge in [0.05, 0.1) is 22.1 Å². The molecular formula is C24H17Cl2N3O5. The third kappa shape index (κ3) is 6.25. The number of carbonyl (C=O) groups is 1. The van der Waals surface area contributed by atoms with E-state index in [2.05, 4.69) is 5.32 Å². The minimum Gasteiger partial charge on any atom is -0.493 e. The highest BCUT2D eigenvalue weighted by Gasteiger charge is 2.12. The molecule has 8 nitrogen and oxygen atoms in total. The van der Waals surface area contributed by atoms with E-state index < -0.39 is 10.8 Å². The molecule has 0 aromatic heterocycles. The van der Waals surface area contributed by atoms with Crippen molar-refractivity contribution in [2.24, 2.45) is 0 Å². The average molecular weight is 498 g/mol. The van der Waals surface area contributed by atoms with Gasteiger partial charge >= 0.3 is 0 Å². The van der Waals surface area contributed by atoms with Gasteiger partial charge in [0.2, 0.25) is 0 Å². The molecule has 34 heavy (non-hydrogen) atoms. The van der Waals surface area contributed by atoms with Gasteiger partial charge in [-0.3, -0.25) is 14.9 Å². The number of non-ortho nitro benzene ring substituents is 1. The fraction of sp³-hybridized carbons (Fsp3) is 0.0833. The minimum absolute atomic E-state index is 0.00559. The van der Waals surface area contributed by atoms with Crippen LogP contribution in [0.1, 0.15) is 11.1 Å². The van der Waals surface area contributed by atoms with E-state index in [-0.39, 0.29) is 22.9 Å². The van der Waals surface area contributed by atoms with Crippen molar-refractivity contribution in [2.75, 3.05) is 12.4 Å². The lowest BCUT2D eigenvalue weighted by Gasteiger charge is -2.12. The zero-order valence-electron chi connectivity index (χ0n) is 17.7. The van der Waals surface area contributed by atoms with Gasteiger partial charge in [0, 0.05) is 17.8 Å². The number of hydrogen-bond donors (Lipinski definition) is 1. The normalized spacial score (nSPS) is 10.8. The van der Waals surface area contributed by atoms with Crippen LogP contribution in [0.5, 0.6) is 11.5 Å². The van der Waals surface area contributed by atoms with Crippen molar-refractivity contribution in [3.63, 3.8) is 0 Å². The topological polar surface area (TPSA) is 114 Å². The molecule has 3 aromatic carbocycles. The van der Waals surface area contributed by atoms with Crippen LogP contribution >= 0.6 is 23.2 Å². The lowest BCUT2D eigenvalue weighted by molar-refractivity contribution is -0.384. The smallest absolute Gasteiger partial charge is 0.269 e. The van der Waals surface area contributed by atoms with Gasteiger partial charge in [0.1, 0.15) is 18.2 Å². The Kier molecular flexibility index (Phi) is 8.09. The minimum atomic E-state index is -0.613. The molecule has 0 aliphatic heterocycles. The number of rotatable bonds is 8. The Hall–Kier alpha value is -4.06. The molecule has 10 heteroatoms. The molecule has 1 amide bonds. The number of methoxy groups -OCH3 is 1. The van der Waals surface area contributed by atoms with Crippen LogP contribution in [0.25, 0.3) is 6.08 Å². The molecule has 1 N–H and O–H groups in total. The van der Waals surface area contributed by atoms with Crippen LogP contribution in [0.15, 0.2) is 66.2 Å². The molecule has 0 saturated carbocycles. The lowest BCUT2D eigenvalue weighted by Crippen LogP contribution is -2.13. The second kappa shape index (κ2) is 11.2. The van der Waals surface area contributed by atoms with E-state index in [1.165, 1.54) is 37.5 Å². The quantitative estimate of drug-likeness (QED) is 0.175.